The minimum Gasteiger partial charge on any atom is -0.484 e. The number of nitrogens with zero attached hydrogens (tertiary/aromatic N) is 2. The number of rotatable bonds is 11. The van der Waals surface area contributed by atoms with E-state index in [4.69, 9.17) is 20.8 Å². The van der Waals surface area contributed by atoms with Crippen molar-refractivity contribution in [2.24, 2.45) is 5.10 Å². The maximum atomic E-state index is 12.4. The summed E-state index contributed by atoms with van der Waals surface area (Å²) in [6.45, 7) is 1.37. The first-order valence-corrected chi connectivity index (χ1v) is 12.9. The second-order valence-electron chi connectivity index (χ2n) is 7.71. The first-order chi connectivity index (χ1) is 17.1. The summed E-state index contributed by atoms with van der Waals surface area (Å²) >= 11 is 6.00. The molecule has 0 aliphatic rings. The molecule has 2 N–H and O–H groups in total. The third-order valence-corrected chi connectivity index (χ3v) is 6.18. The highest BCUT2D eigenvalue weighted by Gasteiger charge is 2.22. The Morgan fingerprint density at radius 2 is 1.89 bits per heavy atom. The van der Waals surface area contributed by atoms with Gasteiger partial charge in [0.2, 0.25) is 10.0 Å². The fourth-order valence-electron chi connectivity index (χ4n) is 3.03. The lowest BCUT2D eigenvalue weighted by Gasteiger charge is -2.23. The fourth-order valence-corrected chi connectivity index (χ4v) is 4.10. The molecule has 0 saturated carbocycles. The third kappa shape index (κ3) is 8.14. The van der Waals surface area contributed by atoms with Crippen LogP contribution in [0.4, 0.5) is 5.69 Å². The Kier molecular flexibility index (Phi) is 9.09. The fraction of sp³-hybridized carbons (Fsp3) is 0.208. The van der Waals surface area contributed by atoms with Gasteiger partial charge in [-0.2, -0.15) is 5.10 Å². The summed E-state index contributed by atoms with van der Waals surface area (Å²) in [6, 6.07) is 15.0. The maximum Gasteiger partial charge on any atom is 0.260 e. The van der Waals surface area contributed by atoms with E-state index in [0.29, 0.717) is 33.3 Å². The number of hydrogen-bond acceptors (Lipinski definition) is 7. The molecule has 0 unspecified atom stereocenters. The number of anilines is 1. The molecule has 1 heterocycles. The zero-order chi connectivity index (χ0) is 26.1. The van der Waals surface area contributed by atoms with Crippen molar-refractivity contribution in [2.75, 3.05) is 23.7 Å². The second-order valence-corrected chi connectivity index (χ2v) is 10.1. The Morgan fingerprint density at radius 3 is 2.56 bits per heavy atom. The minimum atomic E-state index is -3.75. The number of nitrogens with one attached hydrogen (secondary N) is 2. The van der Waals surface area contributed by atoms with Crippen molar-refractivity contribution in [3.8, 4) is 5.75 Å². The molecule has 0 radical (unpaired) electrons. The SMILES string of the molecule is Cc1ccc(Cl)cc1N(CC(=O)N/N=C\c1ccc(OCC(=O)NCc2ccco2)cc1)S(C)(=O)=O. The van der Waals surface area contributed by atoms with Crippen LogP contribution in [0.2, 0.25) is 5.02 Å². The second kappa shape index (κ2) is 12.2. The summed E-state index contributed by atoms with van der Waals surface area (Å²) in [6.07, 6.45) is 3.93. The molecule has 0 aliphatic heterocycles. The van der Waals surface area contributed by atoms with Gasteiger partial charge < -0.3 is 14.5 Å². The van der Waals surface area contributed by atoms with Gasteiger partial charge >= 0.3 is 0 Å². The van der Waals surface area contributed by atoms with Gasteiger partial charge in [-0.25, -0.2) is 13.8 Å². The van der Waals surface area contributed by atoms with E-state index < -0.39 is 22.5 Å². The number of furan rings is 1. The molecule has 1 aromatic heterocycles. The molecule has 0 atom stereocenters. The summed E-state index contributed by atoms with van der Waals surface area (Å²) in [7, 11) is -3.75. The molecule has 10 nitrogen and oxygen atoms in total. The van der Waals surface area contributed by atoms with Crippen LogP contribution in [-0.2, 0) is 26.2 Å². The van der Waals surface area contributed by atoms with Crippen LogP contribution in [0.5, 0.6) is 5.75 Å². The topological polar surface area (TPSA) is 130 Å². The van der Waals surface area contributed by atoms with Gasteiger partial charge in [-0.05, 0) is 66.6 Å². The van der Waals surface area contributed by atoms with E-state index in [1.165, 1.54) is 18.5 Å². The van der Waals surface area contributed by atoms with E-state index in [0.717, 1.165) is 10.6 Å². The molecule has 0 bridgehead atoms. The van der Waals surface area contributed by atoms with Crippen LogP contribution in [-0.4, -0.2) is 45.9 Å². The molecular weight excluding hydrogens is 508 g/mol. The number of amides is 2. The number of ether oxygens (including phenoxy) is 1. The molecule has 3 aromatic rings. The predicted molar refractivity (Wildman–Crippen MR) is 137 cm³/mol. The van der Waals surface area contributed by atoms with Gasteiger partial charge in [-0.15, -0.1) is 0 Å². The molecule has 2 aromatic carbocycles. The molecule has 36 heavy (non-hydrogen) atoms. The zero-order valence-corrected chi connectivity index (χ0v) is 21.2. The molecule has 0 aliphatic carbocycles. The summed E-state index contributed by atoms with van der Waals surface area (Å²) in [5.41, 5.74) is 3.93. The van der Waals surface area contributed by atoms with Crippen molar-refractivity contribution in [1.82, 2.24) is 10.7 Å². The van der Waals surface area contributed by atoms with Crippen molar-refractivity contribution < 1.29 is 27.2 Å². The van der Waals surface area contributed by atoms with Gasteiger partial charge in [-0.3, -0.25) is 13.9 Å². The first kappa shape index (κ1) is 26.8. The molecule has 0 saturated heterocycles. The normalized spacial score (nSPS) is 11.3. The van der Waals surface area contributed by atoms with Crippen LogP contribution in [0.15, 0.2) is 70.4 Å². The summed E-state index contributed by atoms with van der Waals surface area (Å²) < 4.78 is 36.1. The molecule has 3 rings (SSSR count). The number of carbonyl (C=O) groups is 2. The molecular formula is C24H25ClN4O6S. The van der Waals surface area contributed by atoms with Gasteiger partial charge in [0.15, 0.2) is 6.61 Å². The van der Waals surface area contributed by atoms with Crippen LogP contribution in [0.25, 0.3) is 0 Å². The molecule has 2 amide bonds. The van der Waals surface area contributed by atoms with Gasteiger partial charge in [0.05, 0.1) is 31.0 Å². The number of carbonyl (C=O) groups excluding carboxylic acids is 2. The summed E-state index contributed by atoms with van der Waals surface area (Å²) in [4.78, 5) is 24.2. The number of aryl methyl sites for hydroxylation is 1. The molecule has 190 valence electrons. The summed E-state index contributed by atoms with van der Waals surface area (Å²) in [5.74, 6) is 0.195. The van der Waals surface area contributed by atoms with Crippen molar-refractivity contribution in [1.29, 1.82) is 0 Å². The van der Waals surface area contributed by atoms with Crippen molar-refractivity contribution in [3.05, 3.63) is 82.8 Å². The Balaban J connectivity index is 1.49. The van der Waals surface area contributed by atoms with Crippen LogP contribution < -0.4 is 19.8 Å². The highest BCUT2D eigenvalue weighted by atomic mass is 35.5. The van der Waals surface area contributed by atoms with Crippen LogP contribution in [0, 0.1) is 6.92 Å². The lowest BCUT2D eigenvalue weighted by atomic mass is 10.2. The van der Waals surface area contributed by atoms with E-state index in [2.05, 4.69) is 15.8 Å². The molecule has 0 spiro atoms. The van der Waals surface area contributed by atoms with Crippen LogP contribution in [0.3, 0.4) is 0 Å². The smallest absolute Gasteiger partial charge is 0.260 e. The summed E-state index contributed by atoms with van der Waals surface area (Å²) in [5, 5.41) is 6.91. The zero-order valence-electron chi connectivity index (χ0n) is 19.6. The number of hydrogen-bond donors (Lipinski definition) is 2. The molecule has 12 heteroatoms. The predicted octanol–water partition coefficient (Wildman–Crippen LogP) is 2.85. The third-order valence-electron chi connectivity index (χ3n) is 4.82. The average molecular weight is 533 g/mol. The Labute approximate surface area is 213 Å². The van der Waals surface area contributed by atoms with Crippen molar-refractivity contribution in [3.63, 3.8) is 0 Å². The van der Waals surface area contributed by atoms with Gasteiger partial charge in [-0.1, -0.05) is 17.7 Å². The number of halogens is 1. The number of benzene rings is 2. The quantitative estimate of drug-likeness (QED) is 0.288. The lowest BCUT2D eigenvalue weighted by Crippen LogP contribution is -2.39. The van der Waals surface area contributed by atoms with Crippen molar-refractivity contribution in [2.45, 2.75) is 13.5 Å². The first-order valence-electron chi connectivity index (χ1n) is 10.7. The van der Waals surface area contributed by atoms with E-state index >= 15 is 0 Å². The highest BCUT2D eigenvalue weighted by molar-refractivity contribution is 7.92. The minimum absolute atomic E-state index is 0.160. The highest BCUT2D eigenvalue weighted by Crippen LogP contribution is 2.26. The van der Waals surface area contributed by atoms with E-state index in [1.807, 2.05) is 0 Å². The largest absolute Gasteiger partial charge is 0.484 e. The van der Waals surface area contributed by atoms with Gasteiger partial charge in [0.25, 0.3) is 11.8 Å². The van der Waals surface area contributed by atoms with Gasteiger partial charge in [0, 0.05) is 5.02 Å². The van der Waals surface area contributed by atoms with Crippen molar-refractivity contribution >= 4 is 45.3 Å². The Bertz CT molecular complexity index is 1330. The lowest BCUT2D eigenvalue weighted by molar-refractivity contribution is -0.123. The van der Waals surface area contributed by atoms with Crippen LogP contribution in [0.1, 0.15) is 16.9 Å². The number of hydrazone groups is 1. The van der Waals surface area contributed by atoms with E-state index in [9.17, 15) is 18.0 Å². The van der Waals surface area contributed by atoms with Gasteiger partial charge in [0.1, 0.15) is 18.1 Å². The van der Waals surface area contributed by atoms with Crippen LogP contribution >= 0.6 is 11.6 Å². The Hall–Kier alpha value is -3.83. The number of sulfonamides is 1. The Morgan fingerprint density at radius 1 is 1.14 bits per heavy atom. The average Bonchev–Trinajstić information content (AvgIpc) is 3.35. The molecule has 0 fully saturated rings. The monoisotopic (exact) mass is 532 g/mol. The standard InChI is InChI=1S/C24H25ClN4O6S/c1-17-5-8-19(25)12-22(17)29(36(2,32)33)15-23(30)28-27-13-18-6-9-20(10-7-18)35-16-24(31)26-14-21-4-3-11-34-21/h3-13H,14-16H2,1-2H3,(H,26,31)(H,28,30)/b27-13-. The van der Waals surface area contributed by atoms with E-state index in [1.54, 1.807) is 55.5 Å². The van der Waals surface area contributed by atoms with E-state index in [-0.39, 0.29) is 19.1 Å². The maximum absolute atomic E-state index is 12.4.